The summed E-state index contributed by atoms with van der Waals surface area (Å²) < 4.78 is 13.4. The van der Waals surface area contributed by atoms with E-state index in [2.05, 4.69) is 5.32 Å². The maximum Gasteiger partial charge on any atom is 0.255 e. The zero-order chi connectivity index (χ0) is 14.0. The summed E-state index contributed by atoms with van der Waals surface area (Å²) in [5.74, 6) is -0.736. The molecule has 0 aliphatic carbocycles. The van der Waals surface area contributed by atoms with E-state index in [-0.39, 0.29) is 11.7 Å². The summed E-state index contributed by atoms with van der Waals surface area (Å²) in [7, 11) is 0. The van der Waals surface area contributed by atoms with Gasteiger partial charge in [0.05, 0.1) is 10.7 Å². The lowest BCUT2D eigenvalue weighted by atomic mass is 10.1. The molecule has 98 valence electrons. The Morgan fingerprint density at radius 3 is 2.63 bits per heavy atom. The molecule has 0 fully saturated rings. The lowest BCUT2D eigenvalue weighted by Gasteiger charge is -2.07. The molecule has 0 spiro atoms. The molecule has 3 N–H and O–H groups in total. The fourth-order valence-electron chi connectivity index (χ4n) is 1.56. The molecule has 0 aliphatic heterocycles. The molecular formula is C14H12ClFN2O. The molecule has 0 bridgehead atoms. The van der Waals surface area contributed by atoms with Gasteiger partial charge in [-0.25, -0.2) is 4.39 Å². The third-order valence-electron chi connectivity index (χ3n) is 2.69. The topological polar surface area (TPSA) is 55.1 Å². The summed E-state index contributed by atoms with van der Waals surface area (Å²) in [5.41, 5.74) is 7.22. The van der Waals surface area contributed by atoms with E-state index in [9.17, 15) is 9.18 Å². The van der Waals surface area contributed by atoms with E-state index in [1.165, 1.54) is 12.1 Å². The first-order chi connectivity index (χ1) is 8.97. The highest BCUT2D eigenvalue weighted by Crippen LogP contribution is 2.20. The lowest BCUT2D eigenvalue weighted by molar-refractivity contribution is 0.102. The van der Waals surface area contributed by atoms with Crippen LogP contribution in [0.25, 0.3) is 0 Å². The smallest absolute Gasteiger partial charge is 0.255 e. The van der Waals surface area contributed by atoms with Crippen molar-refractivity contribution >= 4 is 28.9 Å². The van der Waals surface area contributed by atoms with Crippen LogP contribution in [0.1, 0.15) is 15.9 Å². The maximum absolute atomic E-state index is 13.4. The van der Waals surface area contributed by atoms with E-state index < -0.39 is 0 Å². The maximum atomic E-state index is 13.4. The normalized spacial score (nSPS) is 10.3. The largest absolute Gasteiger partial charge is 0.398 e. The van der Waals surface area contributed by atoms with Crippen LogP contribution in [0.5, 0.6) is 0 Å². The molecule has 0 heterocycles. The Balaban J connectivity index is 2.20. The third-order valence-corrected chi connectivity index (χ3v) is 3.03. The number of nitrogens with one attached hydrogen (secondary N) is 1. The van der Waals surface area contributed by atoms with Crippen molar-refractivity contribution in [3.8, 4) is 0 Å². The summed E-state index contributed by atoms with van der Waals surface area (Å²) in [6.45, 7) is 1.65. The molecular weight excluding hydrogens is 267 g/mol. The molecule has 5 heteroatoms. The highest BCUT2D eigenvalue weighted by Gasteiger charge is 2.09. The molecule has 0 aliphatic rings. The van der Waals surface area contributed by atoms with Crippen LogP contribution in [0, 0.1) is 12.7 Å². The van der Waals surface area contributed by atoms with E-state index in [1.54, 1.807) is 31.2 Å². The van der Waals surface area contributed by atoms with Crippen LogP contribution in [0.15, 0.2) is 36.4 Å². The predicted molar refractivity (Wildman–Crippen MR) is 75.0 cm³/mol. The summed E-state index contributed by atoms with van der Waals surface area (Å²) in [4.78, 5) is 11.9. The minimum Gasteiger partial charge on any atom is -0.398 e. The molecule has 2 aromatic rings. The number of hydrogen-bond donors (Lipinski definition) is 2. The molecule has 0 saturated carbocycles. The monoisotopic (exact) mass is 278 g/mol. The minimum absolute atomic E-state index is 0.324. The predicted octanol–water partition coefficient (Wildman–Crippen LogP) is 3.62. The van der Waals surface area contributed by atoms with Crippen LogP contribution in [-0.2, 0) is 0 Å². The first-order valence-corrected chi connectivity index (χ1v) is 5.97. The van der Waals surface area contributed by atoms with Crippen molar-refractivity contribution in [3.63, 3.8) is 0 Å². The number of rotatable bonds is 2. The number of carbonyl (C=O) groups is 1. The fourth-order valence-corrected chi connectivity index (χ4v) is 1.68. The number of halogens is 2. The van der Waals surface area contributed by atoms with E-state index in [4.69, 9.17) is 17.3 Å². The van der Waals surface area contributed by atoms with E-state index in [1.807, 2.05) is 0 Å². The second kappa shape index (κ2) is 5.28. The van der Waals surface area contributed by atoms with Gasteiger partial charge in [-0.3, -0.25) is 4.79 Å². The molecule has 2 aromatic carbocycles. The Bertz CT molecular complexity index is 643. The van der Waals surface area contributed by atoms with Gasteiger partial charge in [0.25, 0.3) is 5.91 Å². The summed E-state index contributed by atoms with van der Waals surface area (Å²) in [5, 5.41) is 2.98. The molecule has 19 heavy (non-hydrogen) atoms. The Morgan fingerprint density at radius 1 is 1.26 bits per heavy atom. The quantitative estimate of drug-likeness (QED) is 0.824. The van der Waals surface area contributed by atoms with Gasteiger partial charge >= 0.3 is 0 Å². The number of amides is 1. The molecule has 0 atom stereocenters. The van der Waals surface area contributed by atoms with Gasteiger partial charge in [0.1, 0.15) is 5.82 Å². The first-order valence-electron chi connectivity index (χ1n) is 5.60. The van der Waals surface area contributed by atoms with Gasteiger partial charge in [0.2, 0.25) is 0 Å². The molecule has 3 nitrogen and oxygen atoms in total. The van der Waals surface area contributed by atoms with Gasteiger partial charge in [-0.05, 0) is 42.8 Å². The van der Waals surface area contributed by atoms with E-state index in [0.29, 0.717) is 27.5 Å². The number of benzene rings is 2. The van der Waals surface area contributed by atoms with E-state index in [0.717, 1.165) is 0 Å². The van der Waals surface area contributed by atoms with Crippen molar-refractivity contribution in [3.05, 3.63) is 58.4 Å². The molecule has 1 amide bonds. The van der Waals surface area contributed by atoms with Crippen molar-refractivity contribution in [1.82, 2.24) is 0 Å². The molecule has 0 radical (unpaired) electrons. The molecule has 2 rings (SSSR count). The van der Waals surface area contributed by atoms with Gasteiger partial charge in [-0.2, -0.15) is 0 Å². The van der Waals surface area contributed by atoms with Crippen LogP contribution in [-0.4, -0.2) is 5.91 Å². The van der Waals surface area contributed by atoms with Crippen LogP contribution in [0.2, 0.25) is 5.02 Å². The number of nitrogen functional groups attached to an aromatic ring is 1. The standard InChI is InChI=1S/C14H12ClFN2O/c1-8-2-4-10(7-12(8)16)18-14(19)9-3-5-11(15)13(17)6-9/h2-7H,17H2,1H3,(H,18,19). The molecule has 0 unspecified atom stereocenters. The van der Waals surface area contributed by atoms with E-state index >= 15 is 0 Å². The molecule has 0 aromatic heterocycles. The summed E-state index contributed by atoms with van der Waals surface area (Å²) in [6.07, 6.45) is 0. The average Bonchev–Trinajstić information content (AvgIpc) is 2.37. The number of anilines is 2. The lowest BCUT2D eigenvalue weighted by Crippen LogP contribution is -2.12. The minimum atomic E-state index is -0.369. The van der Waals surface area contributed by atoms with Crippen LogP contribution >= 0.6 is 11.6 Å². The zero-order valence-electron chi connectivity index (χ0n) is 10.2. The second-order valence-corrected chi connectivity index (χ2v) is 4.56. The fraction of sp³-hybridized carbons (Fsp3) is 0.0714. The highest BCUT2D eigenvalue weighted by molar-refractivity contribution is 6.33. The highest BCUT2D eigenvalue weighted by atomic mass is 35.5. The van der Waals surface area contributed by atoms with Crippen LogP contribution < -0.4 is 11.1 Å². The Hall–Kier alpha value is -2.07. The third kappa shape index (κ3) is 3.03. The van der Waals surface area contributed by atoms with Crippen LogP contribution in [0.4, 0.5) is 15.8 Å². The second-order valence-electron chi connectivity index (χ2n) is 4.15. The van der Waals surface area contributed by atoms with Gasteiger partial charge in [0, 0.05) is 11.3 Å². The Kier molecular flexibility index (Phi) is 3.71. The zero-order valence-corrected chi connectivity index (χ0v) is 11.0. The number of carbonyl (C=O) groups excluding carboxylic acids is 1. The van der Waals surface area contributed by atoms with Gasteiger partial charge in [-0.15, -0.1) is 0 Å². The van der Waals surface area contributed by atoms with Gasteiger partial charge in [0.15, 0.2) is 0 Å². The summed E-state index contributed by atoms with van der Waals surface area (Å²) in [6, 6.07) is 9.07. The first kappa shape index (κ1) is 13.4. The SMILES string of the molecule is Cc1ccc(NC(=O)c2ccc(Cl)c(N)c2)cc1F. The van der Waals surface area contributed by atoms with Crippen molar-refractivity contribution in [2.75, 3.05) is 11.1 Å². The van der Waals surface area contributed by atoms with Crippen molar-refractivity contribution in [2.45, 2.75) is 6.92 Å². The number of hydrogen-bond acceptors (Lipinski definition) is 2. The Morgan fingerprint density at radius 2 is 2.00 bits per heavy atom. The van der Waals surface area contributed by atoms with Crippen molar-refractivity contribution in [1.29, 1.82) is 0 Å². The van der Waals surface area contributed by atoms with Gasteiger partial charge < -0.3 is 11.1 Å². The summed E-state index contributed by atoms with van der Waals surface area (Å²) >= 11 is 5.78. The van der Waals surface area contributed by atoms with Crippen molar-refractivity contribution < 1.29 is 9.18 Å². The Labute approximate surface area is 115 Å². The van der Waals surface area contributed by atoms with Crippen molar-refractivity contribution in [2.24, 2.45) is 0 Å². The number of nitrogens with two attached hydrogens (primary N) is 1. The van der Waals surface area contributed by atoms with Gasteiger partial charge in [-0.1, -0.05) is 17.7 Å². The number of aryl methyl sites for hydroxylation is 1. The molecule has 0 saturated heterocycles. The average molecular weight is 279 g/mol. The van der Waals surface area contributed by atoms with Crippen LogP contribution in [0.3, 0.4) is 0 Å².